The van der Waals surface area contributed by atoms with Gasteiger partial charge >= 0.3 is 0 Å². The highest BCUT2D eigenvalue weighted by Crippen LogP contribution is 2.34. The van der Waals surface area contributed by atoms with Crippen molar-refractivity contribution >= 4 is 5.91 Å². The lowest BCUT2D eigenvalue weighted by molar-refractivity contribution is -0.123. The van der Waals surface area contributed by atoms with Crippen LogP contribution in [0.2, 0.25) is 0 Å². The predicted molar refractivity (Wildman–Crippen MR) is 111 cm³/mol. The summed E-state index contributed by atoms with van der Waals surface area (Å²) in [6.07, 6.45) is 3.60. The first kappa shape index (κ1) is 20.9. The van der Waals surface area contributed by atoms with Crippen LogP contribution < -0.4 is 20.1 Å². The number of likely N-dealkylation sites (tertiary alicyclic amines) is 1. The molecule has 1 unspecified atom stereocenters. The van der Waals surface area contributed by atoms with Crippen LogP contribution in [0.1, 0.15) is 44.7 Å². The summed E-state index contributed by atoms with van der Waals surface area (Å²) in [6.45, 7) is 9.01. The molecule has 2 heterocycles. The molecular formula is C22H35N3O3. The largest absolute Gasteiger partial charge is 0.486 e. The van der Waals surface area contributed by atoms with E-state index in [2.05, 4.69) is 29.4 Å². The maximum atomic E-state index is 12.7. The molecule has 3 rings (SSSR count). The zero-order valence-electron chi connectivity index (χ0n) is 17.5. The Morgan fingerprint density at radius 1 is 1.18 bits per heavy atom. The quantitative estimate of drug-likeness (QED) is 0.716. The lowest BCUT2D eigenvalue weighted by atomic mass is 9.93. The van der Waals surface area contributed by atoms with Crippen molar-refractivity contribution in [1.82, 2.24) is 15.5 Å². The first-order valence-electron chi connectivity index (χ1n) is 10.6. The van der Waals surface area contributed by atoms with E-state index in [1.165, 1.54) is 19.3 Å². The number of fused-ring (bicyclic) bond motifs is 1. The molecule has 28 heavy (non-hydrogen) atoms. The molecule has 0 bridgehead atoms. The first-order valence-corrected chi connectivity index (χ1v) is 10.6. The predicted octanol–water partition coefficient (Wildman–Crippen LogP) is 2.59. The Hall–Kier alpha value is -1.79. The molecule has 1 aromatic rings. The second-order valence-electron chi connectivity index (χ2n) is 8.30. The lowest BCUT2D eigenvalue weighted by Gasteiger charge is -2.32. The molecule has 6 heteroatoms. The molecule has 0 aliphatic carbocycles. The van der Waals surface area contributed by atoms with Gasteiger partial charge in [0.15, 0.2) is 11.5 Å². The van der Waals surface area contributed by atoms with Gasteiger partial charge < -0.3 is 20.1 Å². The highest BCUT2D eigenvalue weighted by atomic mass is 16.6. The number of rotatable bonds is 8. The number of hydrogen-bond donors (Lipinski definition) is 2. The normalized spacial score (nSPS) is 18.9. The van der Waals surface area contributed by atoms with E-state index < -0.39 is 0 Å². The first-order chi connectivity index (χ1) is 13.6. The number of ether oxygens (including phenoxy) is 2. The Morgan fingerprint density at radius 2 is 1.89 bits per heavy atom. The van der Waals surface area contributed by atoms with Crippen LogP contribution in [-0.4, -0.2) is 57.2 Å². The summed E-state index contributed by atoms with van der Waals surface area (Å²) in [4.78, 5) is 15.0. The number of benzene rings is 1. The smallest absolute Gasteiger partial charge is 0.234 e. The van der Waals surface area contributed by atoms with E-state index in [9.17, 15) is 4.79 Å². The van der Waals surface area contributed by atoms with Gasteiger partial charge in [0.25, 0.3) is 0 Å². The Labute approximate surface area is 169 Å². The van der Waals surface area contributed by atoms with E-state index in [0.29, 0.717) is 25.7 Å². The van der Waals surface area contributed by atoms with Gasteiger partial charge in [0.2, 0.25) is 5.91 Å². The zero-order chi connectivity index (χ0) is 19.9. The maximum absolute atomic E-state index is 12.7. The zero-order valence-corrected chi connectivity index (χ0v) is 17.5. The fraction of sp³-hybridized carbons (Fsp3) is 0.682. The van der Waals surface area contributed by atoms with E-state index in [0.717, 1.165) is 42.6 Å². The summed E-state index contributed by atoms with van der Waals surface area (Å²) in [7, 11) is 2.01. The van der Waals surface area contributed by atoms with Crippen LogP contribution in [0.4, 0.5) is 0 Å². The molecule has 0 aromatic heterocycles. The third kappa shape index (κ3) is 5.61. The van der Waals surface area contributed by atoms with Gasteiger partial charge in [-0.25, -0.2) is 0 Å². The van der Waals surface area contributed by atoms with Gasteiger partial charge in [0.05, 0.1) is 12.6 Å². The van der Waals surface area contributed by atoms with Crippen LogP contribution in [0.3, 0.4) is 0 Å². The number of hydrogen-bond acceptors (Lipinski definition) is 5. The van der Waals surface area contributed by atoms with Gasteiger partial charge in [-0.1, -0.05) is 19.9 Å². The van der Waals surface area contributed by atoms with Crippen LogP contribution in [0, 0.1) is 11.8 Å². The SMILES string of the molecule is CNCCC1CCN(CC(=O)NC(c2ccc3c(c2)OCCO3)C(C)C)CC1. The third-order valence-electron chi connectivity index (χ3n) is 5.79. The van der Waals surface area contributed by atoms with E-state index in [-0.39, 0.29) is 11.9 Å². The number of amides is 1. The topological polar surface area (TPSA) is 62.8 Å². The molecule has 1 aromatic carbocycles. The minimum absolute atomic E-state index is 0.0310. The van der Waals surface area contributed by atoms with Crippen molar-refractivity contribution in [1.29, 1.82) is 0 Å². The molecule has 1 fully saturated rings. The van der Waals surface area contributed by atoms with E-state index in [1.807, 2.05) is 25.2 Å². The summed E-state index contributed by atoms with van der Waals surface area (Å²) >= 11 is 0. The van der Waals surface area contributed by atoms with E-state index >= 15 is 0 Å². The van der Waals surface area contributed by atoms with Crippen LogP contribution in [0.5, 0.6) is 11.5 Å². The van der Waals surface area contributed by atoms with Crippen LogP contribution >= 0.6 is 0 Å². The van der Waals surface area contributed by atoms with Gasteiger partial charge in [-0.05, 0) is 75.5 Å². The van der Waals surface area contributed by atoms with E-state index in [1.54, 1.807) is 0 Å². The van der Waals surface area contributed by atoms with Gasteiger partial charge in [-0.3, -0.25) is 9.69 Å². The molecule has 1 saturated heterocycles. The van der Waals surface area contributed by atoms with Crippen molar-refractivity contribution in [2.75, 3.05) is 46.4 Å². The second-order valence-corrected chi connectivity index (χ2v) is 8.30. The molecule has 2 N–H and O–H groups in total. The van der Waals surface area contributed by atoms with Gasteiger partial charge in [-0.2, -0.15) is 0 Å². The molecule has 2 aliphatic heterocycles. The van der Waals surface area contributed by atoms with Crippen molar-refractivity contribution < 1.29 is 14.3 Å². The van der Waals surface area contributed by atoms with Gasteiger partial charge in [-0.15, -0.1) is 0 Å². The van der Waals surface area contributed by atoms with Crippen LogP contribution in [0.15, 0.2) is 18.2 Å². The van der Waals surface area contributed by atoms with Crippen molar-refractivity contribution in [3.8, 4) is 11.5 Å². The van der Waals surface area contributed by atoms with Crippen molar-refractivity contribution in [2.45, 2.75) is 39.2 Å². The molecule has 2 aliphatic rings. The molecule has 6 nitrogen and oxygen atoms in total. The van der Waals surface area contributed by atoms with Gasteiger partial charge in [0, 0.05) is 0 Å². The molecular weight excluding hydrogens is 354 g/mol. The van der Waals surface area contributed by atoms with Crippen molar-refractivity contribution in [3.63, 3.8) is 0 Å². The minimum atomic E-state index is -0.0310. The molecule has 1 atom stereocenters. The Balaban J connectivity index is 1.54. The summed E-state index contributed by atoms with van der Waals surface area (Å²) in [5.74, 6) is 2.73. The number of piperidine rings is 1. The maximum Gasteiger partial charge on any atom is 0.234 e. The average molecular weight is 390 g/mol. The Morgan fingerprint density at radius 3 is 2.57 bits per heavy atom. The van der Waals surface area contributed by atoms with Crippen LogP contribution in [0.25, 0.3) is 0 Å². The lowest BCUT2D eigenvalue weighted by Crippen LogP contribution is -2.43. The Kier molecular flexibility index (Phi) is 7.57. The summed E-state index contributed by atoms with van der Waals surface area (Å²) in [5.41, 5.74) is 1.07. The minimum Gasteiger partial charge on any atom is -0.486 e. The number of carbonyl (C=O) groups excluding carboxylic acids is 1. The molecule has 0 spiro atoms. The summed E-state index contributed by atoms with van der Waals surface area (Å²) in [5, 5.41) is 6.48. The average Bonchev–Trinajstić information content (AvgIpc) is 2.71. The number of nitrogens with zero attached hydrogens (tertiary/aromatic N) is 1. The number of carbonyl (C=O) groups is 1. The van der Waals surface area contributed by atoms with Crippen molar-refractivity contribution in [2.24, 2.45) is 11.8 Å². The molecule has 1 amide bonds. The summed E-state index contributed by atoms with van der Waals surface area (Å²) < 4.78 is 11.3. The molecule has 0 saturated carbocycles. The van der Waals surface area contributed by atoms with Crippen LogP contribution in [-0.2, 0) is 4.79 Å². The molecule has 156 valence electrons. The monoisotopic (exact) mass is 389 g/mol. The van der Waals surface area contributed by atoms with Gasteiger partial charge in [0.1, 0.15) is 13.2 Å². The summed E-state index contributed by atoms with van der Waals surface area (Å²) in [6, 6.07) is 5.95. The third-order valence-corrected chi connectivity index (χ3v) is 5.79. The Bertz CT molecular complexity index is 642. The standard InChI is InChI=1S/C22H35N3O3/c1-16(2)22(18-4-5-19-20(14-18)28-13-12-27-19)24-21(26)15-25-10-7-17(8-11-25)6-9-23-3/h4-5,14,16-17,22-23H,6-13,15H2,1-3H3,(H,24,26). The highest BCUT2D eigenvalue weighted by molar-refractivity contribution is 5.78. The fourth-order valence-corrected chi connectivity index (χ4v) is 4.09. The van der Waals surface area contributed by atoms with E-state index in [4.69, 9.17) is 9.47 Å². The van der Waals surface area contributed by atoms with Crippen molar-refractivity contribution in [3.05, 3.63) is 23.8 Å². The molecule has 0 radical (unpaired) electrons. The highest BCUT2D eigenvalue weighted by Gasteiger charge is 2.24. The second kappa shape index (κ2) is 10.1. The fourth-order valence-electron chi connectivity index (χ4n) is 4.09. The number of nitrogens with one attached hydrogen (secondary N) is 2.